The van der Waals surface area contributed by atoms with Crippen LogP contribution in [0.5, 0.6) is 11.5 Å². The average molecular weight is 402 g/mol. The number of nitrogens with one attached hydrogen (secondary N) is 2. The Morgan fingerprint density at radius 3 is 2.41 bits per heavy atom. The van der Waals surface area contributed by atoms with Crippen molar-refractivity contribution in [3.05, 3.63) is 89.6 Å². The van der Waals surface area contributed by atoms with Gasteiger partial charge in [-0.1, -0.05) is 24.3 Å². The predicted molar refractivity (Wildman–Crippen MR) is 115 cm³/mol. The van der Waals surface area contributed by atoms with E-state index in [0.29, 0.717) is 28.1 Å². The van der Waals surface area contributed by atoms with Crippen LogP contribution < -0.4 is 15.4 Å². The molecule has 29 heavy (non-hydrogen) atoms. The molecule has 2 aromatic carbocycles. The highest BCUT2D eigenvalue weighted by Gasteiger charge is 2.12. The van der Waals surface area contributed by atoms with E-state index in [4.69, 9.17) is 4.74 Å². The third-order valence-corrected chi connectivity index (χ3v) is 4.71. The third-order valence-electron chi connectivity index (χ3n) is 3.95. The average Bonchev–Trinajstić information content (AvgIpc) is 3.19. The van der Waals surface area contributed by atoms with Crippen LogP contribution in [0.4, 0.5) is 16.6 Å². The standard InChI is InChI=1S/C22H18N4O2S/c1-15-6-5-9-20(23-15)26-22-25-19(14-29-22)21(27)24-16-10-12-18(13-11-16)28-17-7-3-2-4-8-17/h2-14H,1H3,(H,24,27)(H,23,25,26). The first kappa shape index (κ1) is 18.6. The molecule has 144 valence electrons. The highest BCUT2D eigenvalue weighted by molar-refractivity contribution is 7.14. The maximum absolute atomic E-state index is 12.5. The van der Waals surface area contributed by atoms with Gasteiger partial charge in [0.1, 0.15) is 23.0 Å². The van der Waals surface area contributed by atoms with Gasteiger partial charge in [0, 0.05) is 16.8 Å². The largest absolute Gasteiger partial charge is 0.457 e. The Morgan fingerprint density at radius 2 is 1.66 bits per heavy atom. The van der Waals surface area contributed by atoms with Crippen LogP contribution in [0.25, 0.3) is 0 Å². The molecule has 7 heteroatoms. The summed E-state index contributed by atoms with van der Waals surface area (Å²) in [5.41, 5.74) is 1.91. The van der Waals surface area contributed by atoms with Gasteiger partial charge in [-0.15, -0.1) is 11.3 Å². The number of nitrogens with zero attached hydrogens (tertiary/aromatic N) is 2. The molecule has 2 aromatic heterocycles. The highest BCUT2D eigenvalue weighted by atomic mass is 32.1. The first-order valence-corrected chi connectivity index (χ1v) is 9.84. The Balaban J connectivity index is 1.37. The zero-order valence-corrected chi connectivity index (χ0v) is 16.4. The predicted octanol–water partition coefficient (Wildman–Crippen LogP) is 5.63. The lowest BCUT2D eigenvalue weighted by Gasteiger charge is -2.07. The summed E-state index contributed by atoms with van der Waals surface area (Å²) in [6.07, 6.45) is 0. The molecule has 0 saturated heterocycles. The minimum absolute atomic E-state index is 0.275. The molecule has 1 amide bonds. The number of para-hydroxylation sites is 1. The number of hydrogen-bond donors (Lipinski definition) is 2. The number of anilines is 3. The molecule has 0 atom stereocenters. The lowest BCUT2D eigenvalue weighted by molar-refractivity contribution is 0.102. The number of benzene rings is 2. The molecular weight excluding hydrogens is 384 g/mol. The zero-order valence-electron chi connectivity index (χ0n) is 15.6. The normalized spacial score (nSPS) is 10.4. The number of hydrogen-bond acceptors (Lipinski definition) is 6. The molecule has 2 N–H and O–H groups in total. The topological polar surface area (TPSA) is 76.1 Å². The minimum Gasteiger partial charge on any atom is -0.457 e. The number of thiazole rings is 1. The van der Waals surface area contributed by atoms with Crippen LogP contribution in [0.3, 0.4) is 0 Å². The van der Waals surface area contributed by atoms with Gasteiger partial charge in [-0.2, -0.15) is 0 Å². The second kappa shape index (κ2) is 8.53. The van der Waals surface area contributed by atoms with Crippen molar-refractivity contribution in [2.24, 2.45) is 0 Å². The summed E-state index contributed by atoms with van der Waals surface area (Å²) in [5, 5.41) is 8.28. The SMILES string of the molecule is Cc1cccc(Nc2nc(C(=O)Nc3ccc(Oc4ccccc4)cc3)cs2)n1. The summed E-state index contributed by atoms with van der Waals surface area (Å²) in [7, 11) is 0. The van der Waals surface area contributed by atoms with Crippen molar-refractivity contribution in [1.29, 1.82) is 0 Å². The second-order valence-corrected chi connectivity index (χ2v) is 7.08. The van der Waals surface area contributed by atoms with Crippen molar-refractivity contribution >= 4 is 33.9 Å². The quantitative estimate of drug-likeness (QED) is 0.437. The molecule has 2 heterocycles. The lowest BCUT2D eigenvalue weighted by atomic mass is 10.3. The first-order valence-electron chi connectivity index (χ1n) is 8.96. The van der Waals surface area contributed by atoms with Crippen LogP contribution in [0.1, 0.15) is 16.2 Å². The minimum atomic E-state index is -0.275. The van der Waals surface area contributed by atoms with Gasteiger partial charge in [-0.25, -0.2) is 9.97 Å². The monoisotopic (exact) mass is 402 g/mol. The van der Waals surface area contributed by atoms with Gasteiger partial charge in [-0.05, 0) is 55.5 Å². The van der Waals surface area contributed by atoms with E-state index in [-0.39, 0.29) is 5.91 Å². The summed E-state index contributed by atoms with van der Waals surface area (Å²) < 4.78 is 5.75. The maximum atomic E-state index is 12.5. The molecule has 0 radical (unpaired) electrons. The fourth-order valence-corrected chi connectivity index (χ4v) is 3.28. The summed E-state index contributed by atoms with van der Waals surface area (Å²) in [4.78, 5) is 21.2. The molecule has 0 aliphatic carbocycles. The molecule has 0 fully saturated rings. The van der Waals surface area contributed by atoms with Crippen molar-refractivity contribution in [3.63, 3.8) is 0 Å². The number of amides is 1. The van der Waals surface area contributed by atoms with Crippen LogP contribution in [0, 0.1) is 6.92 Å². The maximum Gasteiger partial charge on any atom is 0.275 e. The van der Waals surface area contributed by atoms with E-state index in [9.17, 15) is 4.79 Å². The van der Waals surface area contributed by atoms with Crippen LogP contribution in [0.15, 0.2) is 78.2 Å². The summed E-state index contributed by atoms with van der Waals surface area (Å²) in [6.45, 7) is 1.92. The van der Waals surface area contributed by atoms with E-state index < -0.39 is 0 Å². The van der Waals surface area contributed by atoms with Crippen molar-refractivity contribution in [3.8, 4) is 11.5 Å². The Kier molecular flexibility index (Phi) is 5.49. The molecule has 0 spiro atoms. The van der Waals surface area contributed by atoms with E-state index >= 15 is 0 Å². The molecular formula is C22H18N4O2S. The van der Waals surface area contributed by atoms with Crippen molar-refractivity contribution in [1.82, 2.24) is 9.97 Å². The Hall–Kier alpha value is -3.71. The van der Waals surface area contributed by atoms with E-state index in [2.05, 4.69) is 20.6 Å². The number of carbonyl (C=O) groups excluding carboxylic acids is 1. The van der Waals surface area contributed by atoms with Gasteiger partial charge in [0.15, 0.2) is 5.13 Å². The molecule has 0 saturated carbocycles. The van der Waals surface area contributed by atoms with Crippen LogP contribution in [-0.2, 0) is 0 Å². The number of carbonyl (C=O) groups is 1. The first-order chi connectivity index (χ1) is 14.2. The Labute approximate surface area is 172 Å². The number of aromatic nitrogens is 2. The highest BCUT2D eigenvalue weighted by Crippen LogP contribution is 2.24. The third kappa shape index (κ3) is 4.97. The molecule has 0 unspecified atom stereocenters. The molecule has 4 rings (SSSR count). The smallest absolute Gasteiger partial charge is 0.275 e. The molecule has 4 aromatic rings. The molecule has 0 bridgehead atoms. The van der Waals surface area contributed by atoms with Crippen molar-refractivity contribution < 1.29 is 9.53 Å². The van der Waals surface area contributed by atoms with E-state index in [0.717, 1.165) is 11.4 Å². The fraction of sp³-hybridized carbons (Fsp3) is 0.0455. The van der Waals surface area contributed by atoms with Crippen LogP contribution in [-0.4, -0.2) is 15.9 Å². The van der Waals surface area contributed by atoms with Gasteiger partial charge >= 0.3 is 0 Å². The van der Waals surface area contributed by atoms with Gasteiger partial charge < -0.3 is 15.4 Å². The van der Waals surface area contributed by atoms with Crippen LogP contribution >= 0.6 is 11.3 Å². The van der Waals surface area contributed by atoms with Gasteiger partial charge in [0.2, 0.25) is 0 Å². The number of ether oxygens (including phenoxy) is 1. The Morgan fingerprint density at radius 1 is 0.897 bits per heavy atom. The van der Waals surface area contributed by atoms with Crippen LogP contribution in [0.2, 0.25) is 0 Å². The number of pyridine rings is 1. The van der Waals surface area contributed by atoms with Gasteiger partial charge in [-0.3, -0.25) is 4.79 Å². The second-order valence-electron chi connectivity index (χ2n) is 6.22. The van der Waals surface area contributed by atoms with E-state index in [1.54, 1.807) is 29.6 Å². The fourth-order valence-electron chi connectivity index (χ4n) is 2.58. The van der Waals surface area contributed by atoms with E-state index in [1.807, 2.05) is 55.5 Å². The van der Waals surface area contributed by atoms with Crippen molar-refractivity contribution in [2.45, 2.75) is 6.92 Å². The molecule has 0 aliphatic rings. The Bertz CT molecular complexity index is 1110. The van der Waals surface area contributed by atoms with Crippen molar-refractivity contribution in [2.75, 3.05) is 10.6 Å². The number of aryl methyl sites for hydroxylation is 1. The van der Waals surface area contributed by atoms with Gasteiger partial charge in [0.25, 0.3) is 5.91 Å². The summed E-state index contributed by atoms with van der Waals surface area (Å²) in [5.74, 6) is 1.87. The molecule has 6 nitrogen and oxygen atoms in total. The zero-order chi connectivity index (χ0) is 20.1. The van der Waals surface area contributed by atoms with E-state index in [1.165, 1.54) is 11.3 Å². The number of rotatable bonds is 6. The lowest BCUT2D eigenvalue weighted by Crippen LogP contribution is -2.12. The summed E-state index contributed by atoms with van der Waals surface area (Å²) >= 11 is 1.35. The molecule has 0 aliphatic heterocycles. The van der Waals surface area contributed by atoms with Gasteiger partial charge in [0.05, 0.1) is 0 Å². The summed E-state index contributed by atoms with van der Waals surface area (Å²) in [6, 6.07) is 22.4.